The van der Waals surface area contributed by atoms with Crippen molar-refractivity contribution in [2.24, 2.45) is 5.92 Å². The summed E-state index contributed by atoms with van der Waals surface area (Å²) in [6, 6.07) is 13.7. The SMILES string of the molecule is Cc1ccc(C(=O)N2CCC(Cc3nc(-c4ccccc4)n[nH]3)CC2)cn1. The normalized spacial score (nSPS) is 15.1. The van der Waals surface area contributed by atoms with Crippen molar-refractivity contribution < 1.29 is 4.79 Å². The van der Waals surface area contributed by atoms with Crippen LogP contribution in [0.25, 0.3) is 11.4 Å². The Bertz CT molecular complexity index is 896. The maximum absolute atomic E-state index is 12.6. The van der Waals surface area contributed by atoms with E-state index in [1.165, 1.54) is 0 Å². The second-order valence-electron chi connectivity index (χ2n) is 7.10. The zero-order valence-corrected chi connectivity index (χ0v) is 15.4. The van der Waals surface area contributed by atoms with Crippen LogP contribution >= 0.6 is 0 Å². The van der Waals surface area contributed by atoms with Crippen molar-refractivity contribution in [2.45, 2.75) is 26.2 Å². The van der Waals surface area contributed by atoms with E-state index in [1.807, 2.05) is 54.3 Å². The van der Waals surface area contributed by atoms with E-state index >= 15 is 0 Å². The van der Waals surface area contributed by atoms with E-state index in [0.717, 1.165) is 55.3 Å². The van der Waals surface area contributed by atoms with Crippen molar-refractivity contribution in [1.29, 1.82) is 0 Å². The molecule has 0 unspecified atom stereocenters. The van der Waals surface area contributed by atoms with E-state index in [0.29, 0.717) is 11.5 Å². The predicted octanol–water partition coefficient (Wildman–Crippen LogP) is 3.27. The van der Waals surface area contributed by atoms with Gasteiger partial charge in [0.25, 0.3) is 5.91 Å². The van der Waals surface area contributed by atoms with Crippen molar-refractivity contribution in [2.75, 3.05) is 13.1 Å². The minimum atomic E-state index is 0.0759. The lowest BCUT2D eigenvalue weighted by atomic mass is 9.93. The highest BCUT2D eigenvalue weighted by atomic mass is 16.2. The summed E-state index contributed by atoms with van der Waals surface area (Å²) in [7, 11) is 0. The summed E-state index contributed by atoms with van der Waals surface area (Å²) in [6.07, 6.45) is 4.50. The molecule has 1 saturated heterocycles. The van der Waals surface area contributed by atoms with Crippen LogP contribution in [-0.2, 0) is 6.42 Å². The highest BCUT2D eigenvalue weighted by molar-refractivity contribution is 5.93. The molecule has 3 heterocycles. The van der Waals surface area contributed by atoms with Crippen LogP contribution in [-0.4, -0.2) is 44.1 Å². The van der Waals surface area contributed by atoms with E-state index < -0.39 is 0 Å². The van der Waals surface area contributed by atoms with Crippen LogP contribution in [0, 0.1) is 12.8 Å². The van der Waals surface area contributed by atoms with Gasteiger partial charge < -0.3 is 4.90 Å². The first kappa shape index (κ1) is 17.4. The van der Waals surface area contributed by atoms with E-state index in [-0.39, 0.29) is 5.91 Å². The number of aromatic nitrogens is 4. The van der Waals surface area contributed by atoms with Crippen LogP contribution in [0.15, 0.2) is 48.7 Å². The number of H-pyrrole nitrogens is 1. The molecule has 0 atom stereocenters. The second-order valence-corrected chi connectivity index (χ2v) is 7.10. The monoisotopic (exact) mass is 361 g/mol. The summed E-state index contributed by atoms with van der Waals surface area (Å²) >= 11 is 0. The summed E-state index contributed by atoms with van der Waals surface area (Å²) in [4.78, 5) is 23.4. The highest BCUT2D eigenvalue weighted by Gasteiger charge is 2.24. The molecule has 1 aliphatic rings. The van der Waals surface area contributed by atoms with Gasteiger partial charge in [-0.25, -0.2) is 4.98 Å². The molecule has 0 radical (unpaired) electrons. The molecule has 3 aromatic rings. The Morgan fingerprint density at radius 1 is 1.15 bits per heavy atom. The van der Waals surface area contributed by atoms with Crippen molar-refractivity contribution in [3.63, 3.8) is 0 Å². The molecule has 27 heavy (non-hydrogen) atoms. The van der Waals surface area contributed by atoms with Gasteiger partial charge in [-0.1, -0.05) is 30.3 Å². The topological polar surface area (TPSA) is 74.8 Å². The molecule has 1 amide bonds. The molecule has 2 aromatic heterocycles. The van der Waals surface area contributed by atoms with Crippen molar-refractivity contribution >= 4 is 5.91 Å². The number of hydrogen-bond donors (Lipinski definition) is 1. The smallest absolute Gasteiger partial charge is 0.255 e. The van der Waals surface area contributed by atoms with Crippen LogP contribution in [0.2, 0.25) is 0 Å². The Labute approximate surface area is 158 Å². The van der Waals surface area contributed by atoms with Gasteiger partial charge in [-0.05, 0) is 37.8 Å². The molecule has 1 fully saturated rings. The lowest BCUT2D eigenvalue weighted by Gasteiger charge is -2.31. The van der Waals surface area contributed by atoms with Gasteiger partial charge >= 0.3 is 0 Å². The van der Waals surface area contributed by atoms with E-state index in [4.69, 9.17) is 0 Å². The average Bonchev–Trinajstić information content (AvgIpc) is 3.18. The fourth-order valence-corrected chi connectivity index (χ4v) is 3.49. The lowest BCUT2D eigenvalue weighted by molar-refractivity contribution is 0.0689. The van der Waals surface area contributed by atoms with Gasteiger partial charge in [-0.2, -0.15) is 5.10 Å². The number of hydrogen-bond acceptors (Lipinski definition) is 4. The molecular formula is C21H23N5O. The number of nitrogens with one attached hydrogen (secondary N) is 1. The van der Waals surface area contributed by atoms with Gasteiger partial charge in [-0.15, -0.1) is 0 Å². The van der Waals surface area contributed by atoms with Crippen LogP contribution in [0.5, 0.6) is 0 Å². The summed E-state index contributed by atoms with van der Waals surface area (Å²) in [5, 5.41) is 7.40. The Morgan fingerprint density at radius 2 is 1.93 bits per heavy atom. The number of nitrogens with zero attached hydrogens (tertiary/aromatic N) is 4. The van der Waals surface area contributed by atoms with Crippen LogP contribution < -0.4 is 0 Å². The fourth-order valence-electron chi connectivity index (χ4n) is 3.49. The summed E-state index contributed by atoms with van der Waals surface area (Å²) in [5.74, 6) is 2.25. The van der Waals surface area contributed by atoms with E-state index in [1.54, 1.807) is 6.20 Å². The Balaban J connectivity index is 1.33. The number of piperidine rings is 1. The third-order valence-corrected chi connectivity index (χ3v) is 5.11. The zero-order chi connectivity index (χ0) is 18.6. The molecule has 1 aliphatic heterocycles. The molecule has 0 aliphatic carbocycles. The van der Waals surface area contributed by atoms with Crippen LogP contribution in [0.1, 0.15) is 34.7 Å². The third kappa shape index (κ3) is 4.05. The number of benzene rings is 1. The molecule has 0 bridgehead atoms. The third-order valence-electron chi connectivity index (χ3n) is 5.11. The zero-order valence-electron chi connectivity index (χ0n) is 15.4. The Morgan fingerprint density at radius 3 is 2.63 bits per heavy atom. The number of aromatic amines is 1. The first-order valence-electron chi connectivity index (χ1n) is 9.37. The number of rotatable bonds is 4. The molecule has 6 nitrogen and oxygen atoms in total. The number of carbonyl (C=O) groups is 1. The molecule has 6 heteroatoms. The molecule has 4 rings (SSSR count). The molecule has 1 N–H and O–H groups in total. The number of carbonyl (C=O) groups excluding carboxylic acids is 1. The summed E-state index contributed by atoms with van der Waals surface area (Å²) in [6.45, 7) is 3.47. The molecule has 0 saturated carbocycles. The van der Waals surface area contributed by atoms with Gasteiger partial charge in [0, 0.05) is 37.0 Å². The first-order valence-corrected chi connectivity index (χ1v) is 9.37. The van der Waals surface area contributed by atoms with Crippen LogP contribution in [0.3, 0.4) is 0 Å². The second kappa shape index (κ2) is 7.70. The van der Waals surface area contributed by atoms with Gasteiger partial charge in [0.1, 0.15) is 5.82 Å². The van der Waals surface area contributed by atoms with Crippen LogP contribution in [0.4, 0.5) is 0 Å². The van der Waals surface area contributed by atoms with Gasteiger partial charge in [0.2, 0.25) is 0 Å². The van der Waals surface area contributed by atoms with Crippen molar-refractivity contribution in [1.82, 2.24) is 25.1 Å². The number of pyridine rings is 1. The number of amides is 1. The van der Waals surface area contributed by atoms with Gasteiger partial charge in [-0.3, -0.25) is 14.9 Å². The van der Waals surface area contributed by atoms with Crippen molar-refractivity contribution in [3.05, 3.63) is 65.7 Å². The summed E-state index contributed by atoms with van der Waals surface area (Å²) < 4.78 is 0. The molecule has 1 aromatic carbocycles. The lowest BCUT2D eigenvalue weighted by Crippen LogP contribution is -2.39. The quantitative estimate of drug-likeness (QED) is 0.774. The maximum Gasteiger partial charge on any atom is 0.255 e. The minimum Gasteiger partial charge on any atom is -0.339 e. The fraction of sp³-hybridized carbons (Fsp3) is 0.333. The Hall–Kier alpha value is -3.02. The highest BCUT2D eigenvalue weighted by Crippen LogP contribution is 2.23. The molecular weight excluding hydrogens is 338 g/mol. The molecule has 138 valence electrons. The van der Waals surface area contributed by atoms with Crippen molar-refractivity contribution in [3.8, 4) is 11.4 Å². The predicted molar refractivity (Wildman–Crippen MR) is 103 cm³/mol. The van der Waals surface area contributed by atoms with Gasteiger partial charge in [0.15, 0.2) is 5.82 Å². The van der Waals surface area contributed by atoms with E-state index in [9.17, 15) is 4.79 Å². The van der Waals surface area contributed by atoms with Gasteiger partial charge in [0.05, 0.1) is 5.56 Å². The van der Waals surface area contributed by atoms with E-state index in [2.05, 4.69) is 20.2 Å². The number of likely N-dealkylation sites (tertiary alicyclic amines) is 1. The number of aryl methyl sites for hydroxylation is 1. The maximum atomic E-state index is 12.6. The first-order chi connectivity index (χ1) is 13.2. The minimum absolute atomic E-state index is 0.0759. The largest absolute Gasteiger partial charge is 0.339 e. The Kier molecular flexibility index (Phi) is 4.96. The average molecular weight is 361 g/mol. The standard InChI is InChI=1S/C21H23N5O/c1-15-7-8-18(14-22-15)21(27)26-11-9-16(10-12-26)13-19-23-20(25-24-19)17-5-3-2-4-6-17/h2-8,14,16H,9-13H2,1H3,(H,23,24,25). The summed E-state index contributed by atoms with van der Waals surface area (Å²) in [5.41, 5.74) is 2.61. The molecule has 0 spiro atoms.